The number of phenols is 1. The highest BCUT2D eigenvalue weighted by Gasteiger charge is 2.19. The summed E-state index contributed by atoms with van der Waals surface area (Å²) in [6.07, 6.45) is 0. The maximum Gasteiger partial charge on any atom is 0.337 e. The minimum absolute atomic E-state index is 0.0948. The molecule has 7 heteroatoms. The largest absolute Gasteiger partial charge is 0.507 e. The second-order valence-electron chi connectivity index (χ2n) is 4.08. The van der Waals surface area contributed by atoms with E-state index in [4.69, 9.17) is 16.7 Å². The summed E-state index contributed by atoms with van der Waals surface area (Å²) in [7, 11) is 0. The van der Waals surface area contributed by atoms with Gasteiger partial charge in [0.1, 0.15) is 17.1 Å². The quantitative estimate of drug-likeness (QED) is 0.813. The normalized spacial score (nSPS) is 10.2. The van der Waals surface area contributed by atoms with Crippen molar-refractivity contribution in [2.45, 2.75) is 0 Å². The van der Waals surface area contributed by atoms with Crippen molar-refractivity contribution in [1.82, 2.24) is 0 Å². The summed E-state index contributed by atoms with van der Waals surface area (Å²) in [5.41, 5.74) is -0.875. The van der Waals surface area contributed by atoms with Crippen molar-refractivity contribution in [2.75, 3.05) is 5.32 Å². The Hall–Kier alpha value is -2.60. The van der Waals surface area contributed by atoms with Gasteiger partial charge in [0.2, 0.25) is 0 Å². The van der Waals surface area contributed by atoms with Gasteiger partial charge in [0.15, 0.2) is 0 Å². The zero-order chi connectivity index (χ0) is 15.6. The van der Waals surface area contributed by atoms with E-state index in [1.807, 2.05) is 0 Å². The molecule has 3 N–H and O–H groups in total. The number of hydrogen-bond acceptors (Lipinski definition) is 3. The van der Waals surface area contributed by atoms with Crippen LogP contribution in [0, 0.1) is 5.82 Å². The number of carbonyl (C=O) groups is 2. The van der Waals surface area contributed by atoms with Gasteiger partial charge in [-0.05, 0) is 30.3 Å². The molecule has 0 aliphatic heterocycles. The zero-order valence-corrected chi connectivity index (χ0v) is 11.2. The van der Waals surface area contributed by atoms with Gasteiger partial charge < -0.3 is 15.5 Å². The minimum atomic E-state index is -1.28. The fourth-order valence-corrected chi connectivity index (χ4v) is 1.90. The van der Waals surface area contributed by atoms with Gasteiger partial charge in [0.25, 0.3) is 5.91 Å². The number of aromatic hydroxyl groups is 1. The van der Waals surface area contributed by atoms with Crippen LogP contribution >= 0.6 is 11.6 Å². The Morgan fingerprint density at radius 1 is 1.19 bits per heavy atom. The SMILES string of the molecule is O=C(O)c1ccc(Cl)cc1NC(=O)c1c(O)cccc1F. The number of hydrogen-bond donors (Lipinski definition) is 3. The Labute approximate surface area is 123 Å². The Balaban J connectivity index is 2.40. The molecule has 0 saturated carbocycles. The molecule has 2 aromatic rings. The fraction of sp³-hybridized carbons (Fsp3) is 0. The monoisotopic (exact) mass is 309 g/mol. The van der Waals surface area contributed by atoms with Crippen LogP contribution in [0.3, 0.4) is 0 Å². The van der Waals surface area contributed by atoms with Crippen molar-refractivity contribution in [3.63, 3.8) is 0 Å². The van der Waals surface area contributed by atoms with Crippen LogP contribution in [0.25, 0.3) is 0 Å². The number of amides is 1. The Morgan fingerprint density at radius 3 is 2.52 bits per heavy atom. The maximum atomic E-state index is 13.6. The molecule has 2 rings (SSSR count). The molecule has 0 radical (unpaired) electrons. The van der Waals surface area contributed by atoms with Crippen LogP contribution in [0.2, 0.25) is 5.02 Å². The topological polar surface area (TPSA) is 86.6 Å². The van der Waals surface area contributed by atoms with E-state index in [2.05, 4.69) is 5.32 Å². The smallest absolute Gasteiger partial charge is 0.337 e. The van der Waals surface area contributed by atoms with Crippen LogP contribution in [0.5, 0.6) is 5.75 Å². The Morgan fingerprint density at radius 2 is 1.90 bits per heavy atom. The Kier molecular flexibility index (Phi) is 4.09. The summed E-state index contributed by atoms with van der Waals surface area (Å²) in [5.74, 6) is -3.73. The van der Waals surface area contributed by atoms with Crippen molar-refractivity contribution in [2.24, 2.45) is 0 Å². The number of aromatic carboxylic acids is 1. The zero-order valence-electron chi connectivity index (χ0n) is 10.4. The lowest BCUT2D eigenvalue weighted by Crippen LogP contribution is -2.16. The third kappa shape index (κ3) is 3.11. The Bertz CT molecular complexity index is 713. The first-order chi connectivity index (χ1) is 9.90. The number of benzene rings is 2. The van der Waals surface area contributed by atoms with Gasteiger partial charge in [-0.3, -0.25) is 4.79 Å². The summed E-state index contributed by atoms with van der Waals surface area (Å²) < 4.78 is 13.6. The van der Waals surface area contributed by atoms with Crippen molar-refractivity contribution in [3.05, 3.63) is 58.4 Å². The number of rotatable bonds is 3. The van der Waals surface area contributed by atoms with Gasteiger partial charge >= 0.3 is 5.97 Å². The molecule has 21 heavy (non-hydrogen) atoms. The highest BCUT2D eigenvalue weighted by Crippen LogP contribution is 2.25. The molecule has 1 amide bonds. The molecule has 0 atom stereocenters. The van der Waals surface area contributed by atoms with Gasteiger partial charge in [0, 0.05) is 5.02 Å². The van der Waals surface area contributed by atoms with E-state index in [1.165, 1.54) is 24.3 Å². The van der Waals surface area contributed by atoms with Crippen molar-refractivity contribution in [1.29, 1.82) is 0 Å². The van der Waals surface area contributed by atoms with E-state index in [-0.39, 0.29) is 16.3 Å². The number of nitrogens with one attached hydrogen (secondary N) is 1. The number of carbonyl (C=O) groups excluding carboxylic acids is 1. The number of halogens is 2. The van der Waals surface area contributed by atoms with E-state index >= 15 is 0 Å². The lowest BCUT2D eigenvalue weighted by Gasteiger charge is -2.10. The molecule has 2 aromatic carbocycles. The average Bonchev–Trinajstić information content (AvgIpc) is 2.38. The maximum absolute atomic E-state index is 13.6. The molecule has 0 saturated heterocycles. The molecule has 0 aromatic heterocycles. The van der Waals surface area contributed by atoms with Crippen LogP contribution in [0.15, 0.2) is 36.4 Å². The predicted molar refractivity (Wildman–Crippen MR) is 74.4 cm³/mol. The molecule has 0 aliphatic rings. The second-order valence-corrected chi connectivity index (χ2v) is 4.52. The second kappa shape index (κ2) is 5.80. The molecule has 0 unspecified atom stereocenters. The first-order valence-electron chi connectivity index (χ1n) is 5.72. The van der Waals surface area contributed by atoms with Crippen molar-refractivity contribution in [3.8, 4) is 5.75 Å². The molecular weight excluding hydrogens is 301 g/mol. The summed E-state index contributed by atoms with van der Waals surface area (Å²) in [6.45, 7) is 0. The average molecular weight is 310 g/mol. The number of carboxylic acids is 1. The summed E-state index contributed by atoms with van der Waals surface area (Å²) in [4.78, 5) is 23.1. The molecule has 0 fully saturated rings. The van der Waals surface area contributed by atoms with E-state index in [0.717, 1.165) is 12.1 Å². The molecular formula is C14H9ClFNO4. The van der Waals surface area contributed by atoms with Crippen LogP contribution < -0.4 is 5.32 Å². The summed E-state index contributed by atoms with van der Waals surface area (Å²) in [5, 5.41) is 21.0. The number of anilines is 1. The first kappa shape index (κ1) is 14.8. The standard InChI is InChI=1S/C14H9ClFNO4/c15-7-4-5-8(14(20)21)10(6-7)17-13(19)12-9(16)2-1-3-11(12)18/h1-6,18H,(H,17,19)(H,20,21). The minimum Gasteiger partial charge on any atom is -0.507 e. The first-order valence-corrected chi connectivity index (χ1v) is 6.09. The third-order valence-corrected chi connectivity index (χ3v) is 2.91. The third-order valence-electron chi connectivity index (χ3n) is 2.68. The summed E-state index contributed by atoms with van der Waals surface area (Å²) >= 11 is 5.75. The number of phenolic OH excluding ortho intramolecular Hbond substituents is 1. The van der Waals surface area contributed by atoms with Gasteiger partial charge in [-0.2, -0.15) is 0 Å². The van der Waals surface area contributed by atoms with Crippen molar-refractivity contribution >= 4 is 29.2 Å². The molecule has 0 aliphatic carbocycles. The molecule has 108 valence electrons. The van der Waals surface area contributed by atoms with Gasteiger partial charge in [-0.15, -0.1) is 0 Å². The van der Waals surface area contributed by atoms with Crippen LogP contribution in [0.1, 0.15) is 20.7 Å². The number of carboxylic acid groups (broad SMARTS) is 1. The van der Waals surface area contributed by atoms with E-state index in [9.17, 15) is 19.1 Å². The van der Waals surface area contributed by atoms with E-state index in [1.54, 1.807) is 0 Å². The molecule has 0 bridgehead atoms. The van der Waals surface area contributed by atoms with Gasteiger partial charge in [-0.25, -0.2) is 9.18 Å². The molecule has 0 spiro atoms. The highest BCUT2D eigenvalue weighted by atomic mass is 35.5. The lowest BCUT2D eigenvalue weighted by molar-refractivity contribution is 0.0698. The molecule has 0 heterocycles. The van der Waals surface area contributed by atoms with E-state index in [0.29, 0.717) is 0 Å². The van der Waals surface area contributed by atoms with Gasteiger partial charge in [0.05, 0.1) is 11.3 Å². The van der Waals surface area contributed by atoms with E-state index < -0.39 is 29.0 Å². The van der Waals surface area contributed by atoms with Crippen LogP contribution in [-0.2, 0) is 0 Å². The van der Waals surface area contributed by atoms with Crippen LogP contribution in [-0.4, -0.2) is 22.1 Å². The summed E-state index contributed by atoms with van der Waals surface area (Å²) in [6, 6.07) is 7.17. The fourth-order valence-electron chi connectivity index (χ4n) is 1.73. The lowest BCUT2D eigenvalue weighted by atomic mass is 10.1. The molecule has 5 nitrogen and oxygen atoms in total. The highest BCUT2D eigenvalue weighted by molar-refractivity contribution is 6.31. The van der Waals surface area contributed by atoms with Gasteiger partial charge in [-0.1, -0.05) is 17.7 Å². The van der Waals surface area contributed by atoms with Crippen molar-refractivity contribution < 1.29 is 24.2 Å². The predicted octanol–water partition coefficient (Wildman–Crippen LogP) is 3.14. The van der Waals surface area contributed by atoms with Crippen LogP contribution in [0.4, 0.5) is 10.1 Å².